The second kappa shape index (κ2) is 8.35. The van der Waals surface area contributed by atoms with Gasteiger partial charge in [0, 0.05) is 16.5 Å². The van der Waals surface area contributed by atoms with E-state index in [-0.39, 0.29) is 0 Å². The molecule has 3 aromatic carbocycles. The summed E-state index contributed by atoms with van der Waals surface area (Å²) < 4.78 is 5.58. The number of benzene rings is 3. The first kappa shape index (κ1) is 20.1. The highest BCUT2D eigenvalue weighted by atomic mass is 32.1. The summed E-state index contributed by atoms with van der Waals surface area (Å²) in [5.74, 6) is -0.725. The van der Waals surface area contributed by atoms with E-state index in [1.165, 1.54) is 11.3 Å². The van der Waals surface area contributed by atoms with E-state index in [0.717, 1.165) is 21.8 Å². The van der Waals surface area contributed by atoms with Gasteiger partial charge in [0.2, 0.25) is 0 Å². The summed E-state index contributed by atoms with van der Waals surface area (Å²) in [4.78, 5) is 17.6. The fourth-order valence-electron chi connectivity index (χ4n) is 3.56. The number of thiazole rings is 1. The number of rotatable bonds is 4. The number of hydrogen-bond acceptors (Lipinski definition) is 6. The molecule has 0 bridgehead atoms. The van der Waals surface area contributed by atoms with Gasteiger partial charge in [-0.25, -0.2) is 9.78 Å². The first-order chi connectivity index (χ1) is 15.6. The lowest BCUT2D eigenvalue weighted by Crippen LogP contribution is -2.17. The molecule has 7 heteroatoms. The van der Waals surface area contributed by atoms with Crippen molar-refractivity contribution in [2.45, 2.75) is 5.92 Å². The molecule has 0 saturated carbocycles. The number of para-hydroxylation sites is 1. The molecule has 1 N–H and O–H groups in total. The summed E-state index contributed by atoms with van der Waals surface area (Å²) in [5, 5.41) is 18.0. The van der Waals surface area contributed by atoms with E-state index in [2.05, 4.69) is 16.4 Å². The topological polar surface area (TPSA) is 78.9 Å². The number of anilines is 1. The maximum absolute atomic E-state index is 12.7. The van der Waals surface area contributed by atoms with Crippen molar-refractivity contribution in [1.82, 2.24) is 4.98 Å². The fraction of sp³-hybridized carbons (Fsp3) is 0.0400. The Hall–Kier alpha value is -3.86. The molecule has 0 fully saturated rings. The van der Waals surface area contributed by atoms with Crippen molar-refractivity contribution in [3.8, 4) is 17.3 Å². The standard InChI is InChI=1S/C25H15N3O2S2/c26-13-20(23(31)27-16-7-2-1-3-8-16)24-28-21(14-32-24)19-12-18-17-9-5-4-6-15(17)10-11-22(18)30-25(19)29/h1-12,14,20H,(H,27,31). The van der Waals surface area contributed by atoms with Gasteiger partial charge < -0.3 is 9.73 Å². The molecule has 5 aromatic rings. The zero-order valence-electron chi connectivity index (χ0n) is 16.6. The summed E-state index contributed by atoms with van der Waals surface area (Å²) in [5.41, 5.74) is 1.68. The second-order valence-corrected chi connectivity index (χ2v) is 8.46. The first-order valence-corrected chi connectivity index (χ1v) is 11.1. The molecule has 5 rings (SSSR count). The molecule has 154 valence electrons. The number of hydrogen-bond donors (Lipinski definition) is 1. The van der Waals surface area contributed by atoms with Crippen LogP contribution in [0.25, 0.3) is 33.0 Å². The Morgan fingerprint density at radius 3 is 2.66 bits per heavy atom. The third-order valence-corrected chi connectivity index (χ3v) is 6.37. The predicted octanol–water partition coefficient (Wildman–Crippen LogP) is 6.12. The Morgan fingerprint density at radius 2 is 1.84 bits per heavy atom. The molecule has 2 heterocycles. The van der Waals surface area contributed by atoms with E-state index in [4.69, 9.17) is 16.6 Å². The lowest BCUT2D eigenvalue weighted by molar-refractivity contribution is 0.563. The van der Waals surface area contributed by atoms with Crippen molar-refractivity contribution < 1.29 is 4.42 Å². The molecule has 0 radical (unpaired) electrons. The van der Waals surface area contributed by atoms with E-state index in [9.17, 15) is 10.1 Å². The number of nitrogens with zero attached hydrogens (tertiary/aromatic N) is 2. The van der Waals surface area contributed by atoms with Crippen molar-refractivity contribution in [2.75, 3.05) is 5.32 Å². The molecule has 0 saturated heterocycles. The highest BCUT2D eigenvalue weighted by Gasteiger charge is 2.22. The van der Waals surface area contributed by atoms with Gasteiger partial charge in [-0.2, -0.15) is 5.26 Å². The molecule has 0 amide bonds. The molecule has 32 heavy (non-hydrogen) atoms. The van der Waals surface area contributed by atoms with Crippen LogP contribution >= 0.6 is 23.6 Å². The first-order valence-electron chi connectivity index (χ1n) is 9.81. The Bertz CT molecular complexity index is 1570. The van der Waals surface area contributed by atoms with Gasteiger partial charge in [-0.1, -0.05) is 60.7 Å². The van der Waals surface area contributed by atoms with Crippen molar-refractivity contribution in [2.24, 2.45) is 0 Å². The van der Waals surface area contributed by atoms with Crippen LogP contribution in [0.4, 0.5) is 5.69 Å². The van der Waals surface area contributed by atoms with Gasteiger partial charge in [0.1, 0.15) is 21.5 Å². The molecule has 1 atom stereocenters. The largest absolute Gasteiger partial charge is 0.422 e. The summed E-state index contributed by atoms with van der Waals surface area (Å²) in [6.45, 7) is 0. The average molecular weight is 454 g/mol. The van der Waals surface area contributed by atoms with Crippen molar-refractivity contribution in [3.63, 3.8) is 0 Å². The maximum atomic E-state index is 12.7. The Labute approximate surface area is 192 Å². The van der Waals surface area contributed by atoms with Crippen molar-refractivity contribution in [3.05, 3.63) is 93.6 Å². The van der Waals surface area contributed by atoms with E-state index >= 15 is 0 Å². The normalized spacial score (nSPS) is 11.8. The molecular weight excluding hydrogens is 438 g/mol. The third kappa shape index (κ3) is 3.66. The number of aromatic nitrogens is 1. The van der Waals surface area contributed by atoms with E-state index in [1.807, 2.05) is 66.7 Å². The van der Waals surface area contributed by atoms with Crippen LogP contribution in [-0.2, 0) is 0 Å². The molecule has 0 aliphatic carbocycles. The third-order valence-electron chi connectivity index (χ3n) is 5.12. The summed E-state index contributed by atoms with van der Waals surface area (Å²) in [7, 11) is 0. The second-order valence-electron chi connectivity index (χ2n) is 7.13. The smallest absolute Gasteiger partial charge is 0.345 e. The van der Waals surface area contributed by atoms with Crippen LogP contribution < -0.4 is 10.9 Å². The monoisotopic (exact) mass is 453 g/mol. The molecule has 1 unspecified atom stereocenters. The van der Waals surface area contributed by atoms with Crippen LogP contribution in [0.5, 0.6) is 0 Å². The summed E-state index contributed by atoms with van der Waals surface area (Å²) in [6, 6.07) is 25.1. The Morgan fingerprint density at radius 1 is 1.06 bits per heavy atom. The molecule has 2 aromatic heterocycles. The maximum Gasteiger partial charge on any atom is 0.345 e. The van der Waals surface area contributed by atoms with Gasteiger partial charge in [0.05, 0.1) is 17.3 Å². The Kier molecular flexibility index (Phi) is 5.23. The lowest BCUT2D eigenvalue weighted by Gasteiger charge is -2.11. The minimum atomic E-state index is -0.725. The van der Waals surface area contributed by atoms with Crippen LogP contribution in [0.3, 0.4) is 0 Å². The highest BCUT2D eigenvalue weighted by molar-refractivity contribution is 7.80. The van der Waals surface area contributed by atoms with Crippen LogP contribution in [0.1, 0.15) is 10.9 Å². The van der Waals surface area contributed by atoms with Crippen LogP contribution in [0, 0.1) is 11.3 Å². The number of thiocarbonyl (C=S) groups is 1. The van der Waals surface area contributed by atoms with E-state index < -0.39 is 11.5 Å². The summed E-state index contributed by atoms with van der Waals surface area (Å²) in [6.07, 6.45) is 0. The minimum absolute atomic E-state index is 0.356. The lowest BCUT2D eigenvalue weighted by atomic mass is 10.0. The van der Waals surface area contributed by atoms with E-state index in [1.54, 1.807) is 11.4 Å². The van der Waals surface area contributed by atoms with Crippen LogP contribution in [-0.4, -0.2) is 9.97 Å². The van der Waals surface area contributed by atoms with Crippen molar-refractivity contribution >= 4 is 56.0 Å². The minimum Gasteiger partial charge on any atom is -0.422 e. The number of fused-ring (bicyclic) bond motifs is 3. The number of nitrogens with one attached hydrogen (secondary N) is 1. The summed E-state index contributed by atoms with van der Waals surface area (Å²) >= 11 is 6.75. The molecular formula is C25H15N3O2S2. The van der Waals surface area contributed by atoms with Gasteiger partial charge in [-0.15, -0.1) is 11.3 Å². The van der Waals surface area contributed by atoms with Gasteiger partial charge in [0.25, 0.3) is 0 Å². The van der Waals surface area contributed by atoms with Gasteiger partial charge in [0.15, 0.2) is 0 Å². The quantitative estimate of drug-likeness (QED) is 0.201. The van der Waals surface area contributed by atoms with Gasteiger partial charge in [-0.05, 0) is 35.0 Å². The molecule has 5 nitrogen and oxygen atoms in total. The molecule has 0 spiro atoms. The van der Waals surface area contributed by atoms with E-state index in [0.29, 0.717) is 26.8 Å². The fourth-order valence-corrected chi connectivity index (χ4v) is 4.78. The average Bonchev–Trinajstić information content (AvgIpc) is 3.29. The zero-order valence-corrected chi connectivity index (χ0v) is 18.2. The molecule has 0 aliphatic rings. The SMILES string of the molecule is N#CC(C(=S)Nc1ccccc1)c1nc(-c2cc3c(ccc4ccccc43)oc2=O)cs1. The number of nitriles is 1. The zero-order chi connectivity index (χ0) is 22.1. The van der Waals surface area contributed by atoms with Gasteiger partial charge >= 0.3 is 5.63 Å². The van der Waals surface area contributed by atoms with Gasteiger partial charge in [-0.3, -0.25) is 0 Å². The van der Waals surface area contributed by atoms with Crippen molar-refractivity contribution in [1.29, 1.82) is 5.26 Å². The van der Waals surface area contributed by atoms with Crippen LogP contribution in [0.15, 0.2) is 87.4 Å². The Balaban J connectivity index is 1.53. The predicted molar refractivity (Wildman–Crippen MR) is 132 cm³/mol. The highest BCUT2D eigenvalue weighted by Crippen LogP contribution is 2.30. The molecule has 0 aliphatic heterocycles. The van der Waals surface area contributed by atoms with Crippen LogP contribution in [0.2, 0.25) is 0 Å².